The van der Waals surface area contributed by atoms with Crippen LogP contribution in [0, 0.1) is 6.92 Å². The van der Waals surface area contributed by atoms with E-state index in [2.05, 4.69) is 22.0 Å². The minimum atomic E-state index is -3.87. The molecule has 2 N–H and O–H groups in total. The van der Waals surface area contributed by atoms with Crippen molar-refractivity contribution in [3.63, 3.8) is 0 Å². The lowest BCUT2D eigenvalue weighted by atomic mass is 10.1. The average molecular weight is 506 g/mol. The number of aliphatic hydroxyl groups excluding tert-OH is 1. The number of fused-ring (bicyclic) bond motifs is 1. The van der Waals surface area contributed by atoms with Gasteiger partial charge in [0.05, 0.1) is 29.4 Å². The van der Waals surface area contributed by atoms with E-state index < -0.39 is 10.0 Å². The van der Waals surface area contributed by atoms with Gasteiger partial charge in [-0.1, -0.05) is 33.1 Å². The van der Waals surface area contributed by atoms with Crippen molar-refractivity contribution in [2.75, 3.05) is 26.3 Å². The Kier molecular flexibility index (Phi) is 9.03. The van der Waals surface area contributed by atoms with Gasteiger partial charge in [-0.25, -0.2) is 17.9 Å². The number of hydrogen-bond acceptors (Lipinski definition) is 7. The Morgan fingerprint density at radius 3 is 2.60 bits per heavy atom. The lowest BCUT2D eigenvalue weighted by Crippen LogP contribution is -2.33. The second-order valence-corrected chi connectivity index (χ2v) is 10.2. The summed E-state index contributed by atoms with van der Waals surface area (Å²) in [5, 5.41) is 14.0. The quantitative estimate of drug-likeness (QED) is 0.342. The number of unbranched alkanes of at least 4 members (excludes halogenated alkanes) is 3. The largest absolute Gasteiger partial charge is 0.493 e. The fourth-order valence-corrected chi connectivity index (χ4v) is 5.54. The Morgan fingerprint density at radius 1 is 1.17 bits per heavy atom. The van der Waals surface area contributed by atoms with Gasteiger partial charge in [-0.3, -0.25) is 4.79 Å². The van der Waals surface area contributed by atoms with Crippen molar-refractivity contribution in [1.82, 2.24) is 23.9 Å². The van der Waals surface area contributed by atoms with E-state index in [1.807, 2.05) is 6.92 Å². The Morgan fingerprint density at radius 2 is 1.94 bits per heavy atom. The molecular weight excluding hydrogens is 470 g/mol. The number of aromatic nitrogens is 4. The monoisotopic (exact) mass is 505 g/mol. The van der Waals surface area contributed by atoms with Crippen LogP contribution >= 0.6 is 0 Å². The van der Waals surface area contributed by atoms with Crippen molar-refractivity contribution in [2.45, 2.75) is 64.7 Å². The van der Waals surface area contributed by atoms with Crippen molar-refractivity contribution in [1.29, 1.82) is 0 Å². The number of ether oxygens (including phenoxy) is 1. The van der Waals surface area contributed by atoms with Gasteiger partial charge in [0.25, 0.3) is 5.56 Å². The molecule has 0 aliphatic rings. The molecule has 2 aromatic heterocycles. The van der Waals surface area contributed by atoms with Crippen LogP contribution in [-0.2, 0) is 16.4 Å². The lowest BCUT2D eigenvalue weighted by molar-refractivity contribution is 0.257. The number of aromatic amines is 1. The molecule has 11 heteroatoms. The predicted octanol–water partition coefficient (Wildman–Crippen LogP) is 2.92. The maximum absolute atomic E-state index is 13.2. The fraction of sp³-hybridized carbons (Fsp3) is 0.542. The minimum Gasteiger partial charge on any atom is -0.493 e. The van der Waals surface area contributed by atoms with E-state index in [4.69, 9.17) is 4.74 Å². The molecule has 0 amide bonds. The maximum Gasteiger partial charge on any atom is 0.277 e. The van der Waals surface area contributed by atoms with Crippen molar-refractivity contribution < 1.29 is 18.3 Å². The van der Waals surface area contributed by atoms with E-state index in [0.717, 1.165) is 25.7 Å². The summed E-state index contributed by atoms with van der Waals surface area (Å²) in [7, 11) is -3.87. The molecule has 2 heterocycles. The van der Waals surface area contributed by atoms with Gasteiger partial charge in [-0.05, 0) is 38.5 Å². The van der Waals surface area contributed by atoms with Crippen LogP contribution in [0.1, 0.15) is 58.0 Å². The molecule has 0 aliphatic heterocycles. The molecular formula is C24H35N5O5S. The number of sulfonamides is 1. The molecule has 0 spiro atoms. The van der Waals surface area contributed by atoms with Crippen LogP contribution in [0.5, 0.6) is 5.75 Å². The molecule has 3 rings (SSSR count). The van der Waals surface area contributed by atoms with E-state index >= 15 is 0 Å². The topological polar surface area (TPSA) is 130 Å². The summed E-state index contributed by atoms with van der Waals surface area (Å²) >= 11 is 0. The van der Waals surface area contributed by atoms with Gasteiger partial charge in [-0.15, -0.1) is 5.10 Å². The number of nitrogens with zero attached hydrogens (tertiary/aromatic N) is 4. The summed E-state index contributed by atoms with van der Waals surface area (Å²) in [5.74, 6) is 1.30. The number of rotatable bonds is 13. The first-order chi connectivity index (χ1) is 16.8. The van der Waals surface area contributed by atoms with E-state index in [-0.39, 0.29) is 36.0 Å². The third-order valence-corrected chi connectivity index (χ3v) is 7.81. The molecule has 0 saturated heterocycles. The Balaban J connectivity index is 2.15. The van der Waals surface area contributed by atoms with Gasteiger partial charge in [0.2, 0.25) is 10.0 Å². The Bertz CT molecular complexity index is 1320. The van der Waals surface area contributed by atoms with Crippen LogP contribution in [0.25, 0.3) is 16.9 Å². The standard InChI is InChI=1S/C24H35N5O5S/c1-5-8-9-10-11-21-25-17(4)22-24(31)26-23(27-29(21)22)19-16-18(12-13-20(19)34-7-3)35(32,33)28(6-2)14-15-30/h12-13,16,30H,5-11,14-15H2,1-4H3,(H,26,27,31). The van der Waals surface area contributed by atoms with Crippen molar-refractivity contribution in [3.05, 3.63) is 40.1 Å². The third-order valence-electron chi connectivity index (χ3n) is 5.84. The summed E-state index contributed by atoms with van der Waals surface area (Å²) < 4.78 is 34.9. The smallest absolute Gasteiger partial charge is 0.277 e. The fourth-order valence-electron chi connectivity index (χ4n) is 4.07. The SMILES string of the molecule is CCCCCCc1nc(C)c2c(=O)[nH]c(-c3cc(S(=O)(=O)N(CC)CCO)ccc3OCC)nn12. The summed E-state index contributed by atoms with van der Waals surface area (Å²) in [5.41, 5.74) is 0.974. The van der Waals surface area contributed by atoms with E-state index in [9.17, 15) is 18.3 Å². The summed E-state index contributed by atoms with van der Waals surface area (Å²) in [4.78, 5) is 20.4. The highest BCUT2D eigenvalue weighted by Gasteiger charge is 2.25. The van der Waals surface area contributed by atoms with Gasteiger partial charge in [0, 0.05) is 19.5 Å². The number of hydrogen-bond donors (Lipinski definition) is 2. The zero-order valence-electron chi connectivity index (χ0n) is 20.9. The highest BCUT2D eigenvalue weighted by atomic mass is 32.2. The lowest BCUT2D eigenvalue weighted by Gasteiger charge is -2.20. The molecule has 0 atom stereocenters. The molecule has 0 saturated carbocycles. The molecule has 1 aromatic carbocycles. The van der Waals surface area contributed by atoms with Gasteiger partial charge >= 0.3 is 0 Å². The number of likely N-dealkylation sites (N-methyl/N-ethyl adjacent to an activating group) is 1. The van der Waals surface area contributed by atoms with Gasteiger partial charge in [0.1, 0.15) is 11.6 Å². The molecule has 3 aromatic rings. The molecule has 35 heavy (non-hydrogen) atoms. The predicted molar refractivity (Wildman–Crippen MR) is 134 cm³/mol. The van der Waals surface area contributed by atoms with Gasteiger partial charge < -0.3 is 14.8 Å². The van der Waals surface area contributed by atoms with E-state index in [1.54, 1.807) is 24.4 Å². The highest BCUT2D eigenvalue weighted by molar-refractivity contribution is 7.89. The Labute approximate surface area is 206 Å². The number of benzene rings is 1. The second-order valence-electron chi connectivity index (χ2n) is 8.30. The maximum atomic E-state index is 13.2. The molecule has 0 bridgehead atoms. The zero-order valence-corrected chi connectivity index (χ0v) is 21.7. The molecule has 0 radical (unpaired) electrons. The van der Waals surface area contributed by atoms with Gasteiger partial charge in [0.15, 0.2) is 11.3 Å². The second kappa shape index (κ2) is 11.8. The number of aliphatic hydroxyl groups is 1. The Hall–Kier alpha value is -2.76. The summed E-state index contributed by atoms with van der Waals surface area (Å²) in [6, 6.07) is 4.48. The molecule has 0 aliphatic carbocycles. The van der Waals surface area contributed by atoms with Crippen LogP contribution in [-0.4, -0.2) is 63.7 Å². The first-order valence-corrected chi connectivity index (χ1v) is 13.6. The minimum absolute atomic E-state index is 0.0157. The summed E-state index contributed by atoms with van der Waals surface area (Å²) in [6.45, 7) is 7.71. The molecule has 0 unspecified atom stereocenters. The molecule has 192 valence electrons. The summed E-state index contributed by atoms with van der Waals surface area (Å²) in [6.07, 6.45) is 4.94. The first-order valence-electron chi connectivity index (χ1n) is 12.1. The first kappa shape index (κ1) is 26.8. The van der Waals surface area contributed by atoms with E-state index in [0.29, 0.717) is 41.4 Å². The average Bonchev–Trinajstić information content (AvgIpc) is 3.16. The van der Waals surface area contributed by atoms with Crippen LogP contribution in [0.15, 0.2) is 27.9 Å². The number of H-pyrrole nitrogens is 1. The highest BCUT2D eigenvalue weighted by Crippen LogP contribution is 2.31. The van der Waals surface area contributed by atoms with Crippen molar-refractivity contribution >= 4 is 15.5 Å². The third kappa shape index (κ3) is 5.74. The van der Waals surface area contributed by atoms with Crippen LogP contribution in [0.2, 0.25) is 0 Å². The molecule has 10 nitrogen and oxygen atoms in total. The number of aryl methyl sites for hydroxylation is 2. The zero-order chi connectivity index (χ0) is 25.6. The van der Waals surface area contributed by atoms with Crippen molar-refractivity contribution in [2.24, 2.45) is 0 Å². The van der Waals surface area contributed by atoms with Crippen LogP contribution in [0.4, 0.5) is 0 Å². The van der Waals surface area contributed by atoms with E-state index in [1.165, 1.54) is 16.4 Å². The van der Waals surface area contributed by atoms with Crippen molar-refractivity contribution in [3.8, 4) is 17.1 Å². The normalized spacial score (nSPS) is 12.1. The number of nitrogens with one attached hydrogen (secondary N) is 1. The number of imidazole rings is 1. The van der Waals surface area contributed by atoms with Crippen LogP contribution < -0.4 is 10.3 Å². The van der Waals surface area contributed by atoms with Gasteiger partial charge in [-0.2, -0.15) is 4.31 Å². The molecule has 0 fully saturated rings. The van der Waals surface area contributed by atoms with Crippen LogP contribution in [0.3, 0.4) is 0 Å².